The molecular weight excluding hydrogens is 228 g/mol. The molecule has 7 nitrogen and oxygen atoms in total. The van der Waals surface area contributed by atoms with Gasteiger partial charge >= 0.3 is 5.56 Å². The third kappa shape index (κ3) is 2.04. The second-order valence-corrected chi connectivity index (χ2v) is 4.09. The summed E-state index contributed by atoms with van der Waals surface area (Å²) in [7, 11) is 0. The number of hydrogen-bond donors (Lipinski definition) is 3. The van der Waals surface area contributed by atoms with Crippen LogP contribution in [0.15, 0.2) is 11.0 Å². The summed E-state index contributed by atoms with van der Waals surface area (Å²) >= 11 is 0. The maximum atomic E-state index is 11.8. The molecule has 1 saturated heterocycles. The number of aryl methyl sites for hydroxylation is 1. The molecule has 1 aliphatic heterocycles. The Morgan fingerprint density at radius 2 is 2.41 bits per heavy atom. The van der Waals surface area contributed by atoms with E-state index in [-0.39, 0.29) is 18.7 Å². The van der Waals surface area contributed by atoms with Crippen molar-refractivity contribution < 1.29 is 19.7 Å². The summed E-state index contributed by atoms with van der Waals surface area (Å²) in [5, 5.41) is 30.3. The fourth-order valence-electron chi connectivity index (χ4n) is 1.93. The molecule has 1 unspecified atom stereocenters. The zero-order valence-corrected chi connectivity index (χ0v) is 9.29. The minimum atomic E-state index is -0.870. The van der Waals surface area contributed by atoms with E-state index < -0.39 is 23.9 Å². The van der Waals surface area contributed by atoms with Crippen molar-refractivity contribution >= 4 is 0 Å². The molecule has 1 aromatic heterocycles. The Morgan fingerprint density at radius 1 is 1.71 bits per heavy atom. The zero-order chi connectivity index (χ0) is 12.6. The lowest BCUT2D eigenvalue weighted by molar-refractivity contribution is -0.626. The Hall–Kier alpha value is -1.44. The normalized spacial score (nSPS) is 28.5. The van der Waals surface area contributed by atoms with Crippen LogP contribution in [-0.2, 0) is 4.74 Å². The minimum Gasteiger partial charge on any atom is -0.618 e. The lowest BCUT2D eigenvalue weighted by Crippen LogP contribution is -2.43. The van der Waals surface area contributed by atoms with Crippen molar-refractivity contribution in [2.24, 2.45) is 0 Å². The van der Waals surface area contributed by atoms with Crippen molar-refractivity contribution in [1.82, 2.24) is 4.98 Å². The molecule has 1 aliphatic rings. The molecule has 2 heterocycles. The smallest absolute Gasteiger partial charge is 0.319 e. The maximum absolute atomic E-state index is 11.8. The molecule has 2 rings (SSSR count). The molecule has 0 aliphatic carbocycles. The lowest BCUT2D eigenvalue weighted by Gasteiger charge is -2.12. The number of aliphatic hydroxyl groups is 2. The second-order valence-electron chi connectivity index (χ2n) is 4.09. The van der Waals surface area contributed by atoms with E-state index in [2.05, 4.69) is 4.98 Å². The SMILES string of the molecule is Cc1c[nH]c(=O)c(C2C[C@H](O)[C@@H](CO)O2)[n+]1[O-]. The largest absolute Gasteiger partial charge is 0.618 e. The predicted molar refractivity (Wildman–Crippen MR) is 56.1 cm³/mol. The van der Waals surface area contributed by atoms with Crippen LogP contribution in [0.1, 0.15) is 23.9 Å². The average Bonchev–Trinajstić information content (AvgIpc) is 2.65. The topological polar surface area (TPSA) is 109 Å². The van der Waals surface area contributed by atoms with Gasteiger partial charge in [-0.1, -0.05) is 0 Å². The minimum absolute atomic E-state index is 0.0833. The van der Waals surface area contributed by atoms with Gasteiger partial charge in [-0.2, -0.15) is 4.73 Å². The number of nitrogens with one attached hydrogen (secondary N) is 1. The quantitative estimate of drug-likeness (QED) is 0.432. The summed E-state index contributed by atoms with van der Waals surface area (Å²) in [4.78, 5) is 14.0. The zero-order valence-electron chi connectivity index (χ0n) is 9.29. The molecule has 3 N–H and O–H groups in total. The number of rotatable bonds is 2. The number of nitrogens with zero attached hydrogens (tertiary/aromatic N) is 1. The molecule has 0 aromatic carbocycles. The van der Waals surface area contributed by atoms with E-state index in [4.69, 9.17) is 9.84 Å². The molecule has 3 atom stereocenters. The summed E-state index contributed by atoms with van der Waals surface area (Å²) < 4.78 is 5.78. The highest BCUT2D eigenvalue weighted by Gasteiger charge is 2.40. The first-order valence-corrected chi connectivity index (χ1v) is 5.30. The highest BCUT2D eigenvalue weighted by atomic mass is 16.5. The van der Waals surface area contributed by atoms with Crippen LogP contribution in [0, 0.1) is 12.1 Å². The van der Waals surface area contributed by atoms with Crippen LogP contribution in [0.2, 0.25) is 0 Å². The Morgan fingerprint density at radius 3 is 3.00 bits per heavy atom. The van der Waals surface area contributed by atoms with Gasteiger partial charge < -0.3 is 25.1 Å². The first-order valence-electron chi connectivity index (χ1n) is 5.30. The molecule has 7 heteroatoms. The Bertz CT molecular complexity index is 472. The fourth-order valence-corrected chi connectivity index (χ4v) is 1.93. The van der Waals surface area contributed by atoms with Crippen molar-refractivity contribution in [2.45, 2.75) is 31.7 Å². The van der Waals surface area contributed by atoms with Crippen LogP contribution < -0.4 is 10.3 Å². The number of aromatic amines is 1. The van der Waals surface area contributed by atoms with Gasteiger partial charge in [0.15, 0.2) is 6.10 Å². The summed E-state index contributed by atoms with van der Waals surface area (Å²) in [5.74, 6) is 0. The molecule has 1 aromatic rings. The molecule has 0 bridgehead atoms. The summed E-state index contributed by atoms with van der Waals surface area (Å²) in [5.41, 5.74) is -0.286. The fraction of sp³-hybridized carbons (Fsp3) is 0.600. The van der Waals surface area contributed by atoms with Crippen LogP contribution in [0.3, 0.4) is 0 Å². The van der Waals surface area contributed by atoms with Crippen LogP contribution in [-0.4, -0.2) is 34.0 Å². The van der Waals surface area contributed by atoms with Crippen molar-refractivity contribution in [2.75, 3.05) is 6.61 Å². The summed E-state index contributed by atoms with van der Waals surface area (Å²) in [6.45, 7) is 1.21. The maximum Gasteiger partial charge on any atom is 0.319 e. The highest BCUT2D eigenvalue weighted by molar-refractivity contribution is 5.01. The van der Waals surface area contributed by atoms with Gasteiger partial charge in [-0.3, -0.25) is 4.79 Å². The number of aliphatic hydroxyl groups excluding tert-OH is 2. The van der Waals surface area contributed by atoms with E-state index in [1.54, 1.807) is 6.92 Å². The first kappa shape index (κ1) is 12.0. The van der Waals surface area contributed by atoms with Crippen LogP contribution in [0.5, 0.6) is 0 Å². The van der Waals surface area contributed by atoms with Crippen LogP contribution in [0.25, 0.3) is 0 Å². The van der Waals surface area contributed by atoms with Gasteiger partial charge in [0.2, 0.25) is 5.69 Å². The predicted octanol–water partition coefficient (Wildman–Crippen LogP) is -1.50. The standard InChI is InChI=1S/C10H14N2O5/c1-5-3-11-10(15)9(12(5)16)7-2-6(14)8(4-13)17-7/h3,6-8,13-14H,2,4H2,1H3,(H,11,15)/t6-,7?,8+/m0/s1. The lowest BCUT2D eigenvalue weighted by atomic mass is 10.1. The number of aromatic nitrogens is 2. The first-order chi connectivity index (χ1) is 8.04. The van der Waals surface area contributed by atoms with Crippen molar-refractivity contribution in [3.05, 3.63) is 33.1 Å². The molecule has 0 saturated carbocycles. The van der Waals surface area contributed by atoms with Crippen molar-refractivity contribution in [3.63, 3.8) is 0 Å². The monoisotopic (exact) mass is 242 g/mol. The molecule has 17 heavy (non-hydrogen) atoms. The third-order valence-corrected chi connectivity index (χ3v) is 2.89. The number of H-pyrrole nitrogens is 1. The summed E-state index contributed by atoms with van der Waals surface area (Å²) in [6.07, 6.45) is -0.971. The van der Waals surface area contributed by atoms with Gasteiger partial charge in [0.1, 0.15) is 6.10 Å². The average molecular weight is 242 g/mol. The van der Waals surface area contributed by atoms with Crippen molar-refractivity contribution in [1.29, 1.82) is 0 Å². The Balaban J connectivity index is 2.36. The van der Waals surface area contributed by atoms with Gasteiger partial charge in [0, 0.05) is 13.3 Å². The van der Waals surface area contributed by atoms with E-state index in [1.165, 1.54) is 6.20 Å². The number of ether oxygens (including phenoxy) is 1. The van der Waals surface area contributed by atoms with Gasteiger partial charge in [-0.25, -0.2) is 0 Å². The van der Waals surface area contributed by atoms with E-state index in [1.807, 2.05) is 0 Å². The Kier molecular flexibility index (Phi) is 3.14. The molecule has 0 amide bonds. The van der Waals surface area contributed by atoms with E-state index in [9.17, 15) is 15.1 Å². The van der Waals surface area contributed by atoms with E-state index in [0.29, 0.717) is 10.4 Å². The van der Waals surface area contributed by atoms with Gasteiger partial charge in [0.05, 0.1) is 18.9 Å². The molecule has 0 radical (unpaired) electrons. The molecule has 0 spiro atoms. The van der Waals surface area contributed by atoms with Gasteiger partial charge in [0.25, 0.3) is 5.69 Å². The molecule has 1 fully saturated rings. The second kappa shape index (κ2) is 4.44. The Labute approximate surface area is 96.9 Å². The molecular formula is C10H14N2O5. The number of hydrogen-bond acceptors (Lipinski definition) is 5. The highest BCUT2D eigenvalue weighted by Crippen LogP contribution is 2.29. The molecule has 94 valence electrons. The third-order valence-electron chi connectivity index (χ3n) is 2.89. The van der Waals surface area contributed by atoms with E-state index in [0.717, 1.165) is 0 Å². The van der Waals surface area contributed by atoms with Crippen molar-refractivity contribution in [3.8, 4) is 0 Å². The van der Waals surface area contributed by atoms with Crippen LogP contribution >= 0.6 is 0 Å². The van der Waals surface area contributed by atoms with Gasteiger partial charge in [-0.15, -0.1) is 0 Å². The van der Waals surface area contributed by atoms with Crippen LogP contribution in [0.4, 0.5) is 0 Å². The summed E-state index contributed by atoms with van der Waals surface area (Å²) in [6, 6.07) is 0. The van der Waals surface area contributed by atoms with Gasteiger partial charge in [-0.05, 0) is 0 Å². The van der Waals surface area contributed by atoms with E-state index >= 15 is 0 Å².